The zero-order valence-corrected chi connectivity index (χ0v) is 25.0. The number of primary amides is 1. The summed E-state index contributed by atoms with van der Waals surface area (Å²) in [6.07, 6.45) is -0.640. The molecule has 2 aromatic carbocycles. The minimum Gasteiger partial charge on any atom is -0.507 e. The summed E-state index contributed by atoms with van der Waals surface area (Å²) in [5.74, 6) is -10.1. The van der Waals surface area contributed by atoms with Gasteiger partial charge in [-0.05, 0) is 84.4 Å². The number of carbonyl (C=O) groups is 5. The lowest BCUT2D eigenvalue weighted by Crippen LogP contribution is -2.85. The average molecular weight is 684 g/mol. The van der Waals surface area contributed by atoms with Crippen LogP contribution < -0.4 is 22.9 Å². The standard InChI is InChI=1S/C29H29IN6O6/c1-36(2)23-22(39)18(26(33)42)24(40)28(11-32)25(41)19-21(38)17-16(8-27(19,34)10-29(23,28)35)15(7-13(9-31)20(17)37)12-3-5-14(30)6-4-12/h3-7,18-19,23,37H,8-10,31,34-35H2,1-2H3,(H2,33,42)/t18?,19?,23-,27-,28+,29-/m1/s1. The van der Waals surface area contributed by atoms with E-state index in [0.717, 1.165) is 3.57 Å². The molecule has 0 saturated heterocycles. The second-order valence-corrected chi connectivity index (χ2v) is 12.9. The Morgan fingerprint density at radius 3 is 2.29 bits per heavy atom. The minimum absolute atomic E-state index is 0.129. The molecule has 218 valence electrons. The van der Waals surface area contributed by atoms with E-state index in [1.807, 2.05) is 24.3 Å². The number of halogens is 1. The number of likely N-dealkylation sites (N-methyl/N-ethyl adjacent to an activating group) is 1. The van der Waals surface area contributed by atoms with Crippen LogP contribution in [0.1, 0.15) is 27.9 Å². The Balaban J connectivity index is 1.81. The van der Waals surface area contributed by atoms with Crippen LogP contribution in [0.15, 0.2) is 30.3 Å². The van der Waals surface area contributed by atoms with Gasteiger partial charge in [-0.15, -0.1) is 0 Å². The number of nitrogens with zero attached hydrogens (tertiary/aromatic N) is 2. The number of phenolic OH excluding ortho intramolecular Hbond substituents is 1. The summed E-state index contributed by atoms with van der Waals surface area (Å²) < 4.78 is 0.959. The lowest BCUT2D eigenvalue weighted by atomic mass is 9.42. The highest BCUT2D eigenvalue weighted by Crippen LogP contribution is 2.57. The molecule has 0 bridgehead atoms. The monoisotopic (exact) mass is 684 g/mol. The molecule has 5 rings (SSSR count). The molecule has 13 heteroatoms. The van der Waals surface area contributed by atoms with Gasteiger partial charge in [-0.2, -0.15) is 5.26 Å². The van der Waals surface area contributed by atoms with E-state index in [0.29, 0.717) is 16.7 Å². The van der Waals surface area contributed by atoms with Crippen LogP contribution in [0.25, 0.3) is 11.1 Å². The largest absolute Gasteiger partial charge is 0.507 e. The average Bonchev–Trinajstić information content (AvgIpc) is 2.88. The molecule has 6 atom stereocenters. The maximum atomic E-state index is 14.5. The van der Waals surface area contributed by atoms with Gasteiger partial charge in [0.1, 0.15) is 11.7 Å². The second kappa shape index (κ2) is 9.75. The van der Waals surface area contributed by atoms with Crippen LogP contribution >= 0.6 is 22.6 Å². The van der Waals surface area contributed by atoms with Crippen LogP contribution in [-0.4, -0.2) is 70.3 Å². The number of nitrogens with two attached hydrogens (primary N) is 4. The quantitative estimate of drug-likeness (QED) is 0.204. The fraction of sp³-hybridized carbons (Fsp3) is 0.379. The number of ketones is 4. The lowest BCUT2D eigenvalue weighted by molar-refractivity contribution is -0.166. The number of amides is 1. The van der Waals surface area contributed by atoms with Crippen LogP contribution in [0.2, 0.25) is 0 Å². The van der Waals surface area contributed by atoms with Crippen molar-refractivity contribution >= 4 is 51.6 Å². The van der Waals surface area contributed by atoms with Crippen LogP contribution in [0.5, 0.6) is 5.75 Å². The molecule has 2 unspecified atom stereocenters. The molecule has 1 amide bonds. The summed E-state index contributed by atoms with van der Waals surface area (Å²) in [6.45, 7) is -0.129. The highest BCUT2D eigenvalue weighted by atomic mass is 127. The van der Waals surface area contributed by atoms with Crippen molar-refractivity contribution in [2.75, 3.05) is 14.1 Å². The number of hydrogen-bond donors (Lipinski definition) is 5. The topological polar surface area (TPSA) is 237 Å². The first kappa shape index (κ1) is 29.9. The Hall–Kier alpha value is -3.55. The molecule has 0 aliphatic heterocycles. The first-order chi connectivity index (χ1) is 19.6. The normalized spacial score (nSPS) is 32.2. The van der Waals surface area contributed by atoms with Gasteiger partial charge in [0.15, 0.2) is 34.5 Å². The Bertz CT molecular complexity index is 1650. The van der Waals surface area contributed by atoms with Gasteiger partial charge in [-0.3, -0.25) is 28.9 Å². The van der Waals surface area contributed by atoms with Crippen molar-refractivity contribution in [1.82, 2.24) is 4.90 Å². The molecule has 42 heavy (non-hydrogen) atoms. The molecule has 2 aromatic rings. The number of benzene rings is 2. The van der Waals surface area contributed by atoms with Crippen LogP contribution in [0.4, 0.5) is 0 Å². The first-order valence-corrected chi connectivity index (χ1v) is 14.1. The number of carbonyl (C=O) groups excluding carboxylic acids is 5. The number of phenols is 1. The fourth-order valence-corrected chi connectivity index (χ4v) is 7.73. The van der Waals surface area contributed by atoms with E-state index in [1.165, 1.54) is 19.0 Å². The van der Waals surface area contributed by atoms with Crippen LogP contribution in [0, 0.1) is 32.2 Å². The van der Waals surface area contributed by atoms with Gasteiger partial charge < -0.3 is 28.0 Å². The van der Waals surface area contributed by atoms with Gasteiger partial charge >= 0.3 is 0 Å². The Morgan fingerprint density at radius 1 is 1.14 bits per heavy atom. The third kappa shape index (κ3) is 3.69. The summed E-state index contributed by atoms with van der Waals surface area (Å²) in [5.41, 5.74) is 20.0. The molecule has 0 heterocycles. The molecule has 2 saturated carbocycles. The molecule has 0 aromatic heterocycles. The van der Waals surface area contributed by atoms with Crippen molar-refractivity contribution < 1.29 is 29.1 Å². The summed E-state index contributed by atoms with van der Waals surface area (Å²) in [5, 5.41) is 21.7. The van der Waals surface area contributed by atoms with Gasteiger partial charge in [-0.1, -0.05) is 12.1 Å². The van der Waals surface area contributed by atoms with Gasteiger partial charge in [-0.25, -0.2) is 0 Å². The number of rotatable bonds is 4. The molecule has 3 aliphatic carbocycles. The maximum absolute atomic E-state index is 14.5. The van der Waals surface area contributed by atoms with Gasteiger partial charge in [0.2, 0.25) is 5.91 Å². The summed E-state index contributed by atoms with van der Waals surface area (Å²) in [4.78, 5) is 69.8. The SMILES string of the molecule is CN(C)[C@@H]1C(=O)C(C(N)=O)C(=O)[C@@]2(C#N)C(=O)C3C(=O)c4c(O)c(CN)cc(-c5ccc(I)cc5)c4C[C@@]3(N)C[C@@]12N. The molecule has 3 aliphatic rings. The smallest absolute Gasteiger partial charge is 0.235 e. The predicted molar refractivity (Wildman–Crippen MR) is 157 cm³/mol. The van der Waals surface area contributed by atoms with Crippen LogP contribution in [0.3, 0.4) is 0 Å². The molecule has 2 fully saturated rings. The molecule has 12 nitrogen and oxygen atoms in total. The van der Waals surface area contributed by atoms with E-state index >= 15 is 0 Å². The molecule has 9 N–H and O–H groups in total. The number of aromatic hydroxyl groups is 1. The minimum atomic E-state index is -2.80. The lowest BCUT2D eigenvalue weighted by Gasteiger charge is -2.60. The fourth-order valence-electron chi connectivity index (χ4n) is 7.37. The summed E-state index contributed by atoms with van der Waals surface area (Å²) in [6, 6.07) is 9.27. The van der Waals surface area contributed by atoms with Gasteiger partial charge in [0.05, 0.1) is 23.2 Å². The predicted octanol–water partition coefficient (Wildman–Crippen LogP) is -0.461. The molecular weight excluding hydrogens is 655 g/mol. The summed E-state index contributed by atoms with van der Waals surface area (Å²) >= 11 is 2.15. The van der Waals surface area contributed by atoms with Crippen molar-refractivity contribution in [1.29, 1.82) is 5.26 Å². The second-order valence-electron chi connectivity index (χ2n) is 11.6. The van der Waals surface area contributed by atoms with Gasteiger partial charge in [0.25, 0.3) is 0 Å². The van der Waals surface area contributed by atoms with E-state index in [-0.39, 0.29) is 24.1 Å². The highest BCUT2D eigenvalue weighted by molar-refractivity contribution is 14.1. The number of hydrogen-bond acceptors (Lipinski definition) is 11. The van der Waals surface area contributed by atoms with E-state index < -0.39 is 75.6 Å². The van der Waals surface area contributed by atoms with E-state index in [4.69, 9.17) is 22.9 Å². The first-order valence-electron chi connectivity index (χ1n) is 13.1. The van der Waals surface area contributed by atoms with Gasteiger partial charge in [0, 0.05) is 21.2 Å². The molecule has 0 radical (unpaired) electrons. The maximum Gasteiger partial charge on any atom is 0.235 e. The molecule has 0 spiro atoms. The number of Topliss-reactive ketones (excluding diaryl/α,β-unsaturated/α-hetero) is 4. The molecular formula is C29H29IN6O6. The Morgan fingerprint density at radius 2 is 1.76 bits per heavy atom. The number of fused-ring (bicyclic) bond motifs is 3. The Kier molecular flexibility index (Phi) is 6.94. The third-order valence-electron chi connectivity index (χ3n) is 9.04. The highest BCUT2D eigenvalue weighted by Gasteiger charge is 2.78. The van der Waals surface area contributed by atoms with Crippen molar-refractivity contribution in [2.45, 2.75) is 36.5 Å². The van der Waals surface area contributed by atoms with Crippen molar-refractivity contribution in [3.05, 3.63) is 50.6 Å². The summed E-state index contributed by atoms with van der Waals surface area (Å²) in [7, 11) is 2.91. The van der Waals surface area contributed by atoms with Crippen molar-refractivity contribution in [3.63, 3.8) is 0 Å². The zero-order chi connectivity index (χ0) is 31.1. The van der Waals surface area contributed by atoms with Crippen molar-refractivity contribution in [2.24, 2.45) is 40.2 Å². The van der Waals surface area contributed by atoms with E-state index in [2.05, 4.69) is 22.6 Å². The van der Waals surface area contributed by atoms with Crippen molar-refractivity contribution in [3.8, 4) is 22.9 Å². The van der Waals surface area contributed by atoms with Crippen LogP contribution in [-0.2, 0) is 32.1 Å². The van der Waals surface area contributed by atoms with E-state index in [1.54, 1.807) is 12.1 Å². The zero-order valence-electron chi connectivity index (χ0n) is 22.8. The van der Waals surface area contributed by atoms with E-state index in [9.17, 15) is 34.3 Å². The Labute approximate surface area is 254 Å². The number of nitriles is 1. The third-order valence-corrected chi connectivity index (χ3v) is 9.76.